The van der Waals surface area contributed by atoms with Gasteiger partial charge in [0.25, 0.3) is 0 Å². The Kier molecular flexibility index (Phi) is 3.79. The summed E-state index contributed by atoms with van der Waals surface area (Å²) in [6.45, 7) is 2.23. The topological polar surface area (TPSA) is 50.7 Å². The number of pyridine rings is 1. The molecule has 0 aliphatic carbocycles. The number of rotatable bonds is 3. The highest BCUT2D eigenvalue weighted by Gasteiger charge is 2.15. The SMILES string of the molecule is c1ccc(-c2ccnc(CC3CCNCC3)n2)nc1. The van der Waals surface area contributed by atoms with Crippen molar-refractivity contribution in [3.63, 3.8) is 0 Å². The summed E-state index contributed by atoms with van der Waals surface area (Å²) >= 11 is 0. The lowest BCUT2D eigenvalue weighted by Crippen LogP contribution is -2.29. The minimum Gasteiger partial charge on any atom is -0.317 e. The van der Waals surface area contributed by atoms with Crippen molar-refractivity contribution < 1.29 is 0 Å². The molecule has 0 aromatic carbocycles. The van der Waals surface area contributed by atoms with Crippen molar-refractivity contribution in [2.24, 2.45) is 5.92 Å². The van der Waals surface area contributed by atoms with Crippen LogP contribution in [-0.2, 0) is 6.42 Å². The van der Waals surface area contributed by atoms with Gasteiger partial charge in [-0.1, -0.05) is 6.07 Å². The molecule has 0 amide bonds. The summed E-state index contributed by atoms with van der Waals surface area (Å²) in [6.07, 6.45) is 7.05. The van der Waals surface area contributed by atoms with Crippen LogP contribution in [-0.4, -0.2) is 28.0 Å². The monoisotopic (exact) mass is 254 g/mol. The quantitative estimate of drug-likeness (QED) is 0.911. The minimum absolute atomic E-state index is 0.709. The molecule has 1 aliphatic rings. The maximum absolute atomic E-state index is 4.64. The first-order valence-corrected chi connectivity index (χ1v) is 6.86. The molecule has 4 nitrogen and oxygen atoms in total. The highest BCUT2D eigenvalue weighted by Crippen LogP contribution is 2.18. The number of hydrogen-bond acceptors (Lipinski definition) is 4. The van der Waals surface area contributed by atoms with E-state index in [2.05, 4.69) is 20.3 Å². The Labute approximate surface area is 113 Å². The van der Waals surface area contributed by atoms with E-state index >= 15 is 0 Å². The average Bonchev–Trinajstić information content (AvgIpc) is 2.49. The van der Waals surface area contributed by atoms with Gasteiger partial charge in [-0.2, -0.15) is 0 Å². The van der Waals surface area contributed by atoms with E-state index < -0.39 is 0 Å². The molecule has 0 saturated carbocycles. The molecule has 0 bridgehead atoms. The molecule has 0 atom stereocenters. The second-order valence-electron chi connectivity index (χ2n) is 4.97. The van der Waals surface area contributed by atoms with Crippen LogP contribution in [0.3, 0.4) is 0 Å². The summed E-state index contributed by atoms with van der Waals surface area (Å²) in [6, 6.07) is 7.81. The van der Waals surface area contributed by atoms with Gasteiger partial charge in [-0.3, -0.25) is 4.98 Å². The van der Waals surface area contributed by atoms with Crippen LogP contribution in [0.5, 0.6) is 0 Å². The molecule has 1 saturated heterocycles. The molecular formula is C15H18N4. The van der Waals surface area contributed by atoms with Crippen LogP contribution in [0.1, 0.15) is 18.7 Å². The molecule has 4 heteroatoms. The zero-order valence-electron chi connectivity index (χ0n) is 10.9. The minimum atomic E-state index is 0.709. The second-order valence-corrected chi connectivity index (χ2v) is 4.97. The van der Waals surface area contributed by atoms with Crippen LogP contribution in [0.4, 0.5) is 0 Å². The van der Waals surface area contributed by atoms with Gasteiger partial charge in [-0.15, -0.1) is 0 Å². The van der Waals surface area contributed by atoms with Crippen molar-refractivity contribution in [3.8, 4) is 11.4 Å². The molecule has 3 rings (SSSR count). The zero-order chi connectivity index (χ0) is 12.9. The molecule has 0 radical (unpaired) electrons. The number of hydrogen-bond donors (Lipinski definition) is 1. The third kappa shape index (κ3) is 3.15. The summed E-state index contributed by atoms with van der Waals surface area (Å²) in [5.41, 5.74) is 1.83. The van der Waals surface area contributed by atoms with Crippen molar-refractivity contribution in [2.45, 2.75) is 19.3 Å². The van der Waals surface area contributed by atoms with Gasteiger partial charge >= 0.3 is 0 Å². The van der Waals surface area contributed by atoms with Gasteiger partial charge < -0.3 is 5.32 Å². The molecule has 19 heavy (non-hydrogen) atoms. The third-order valence-corrected chi connectivity index (χ3v) is 3.56. The van der Waals surface area contributed by atoms with Crippen LogP contribution in [0.25, 0.3) is 11.4 Å². The normalized spacial score (nSPS) is 16.4. The highest BCUT2D eigenvalue weighted by atomic mass is 14.9. The first-order chi connectivity index (χ1) is 9.42. The van der Waals surface area contributed by atoms with Crippen molar-refractivity contribution >= 4 is 0 Å². The van der Waals surface area contributed by atoms with E-state index in [0.717, 1.165) is 36.7 Å². The van der Waals surface area contributed by atoms with Crippen molar-refractivity contribution in [1.82, 2.24) is 20.3 Å². The fourth-order valence-corrected chi connectivity index (χ4v) is 2.50. The predicted octanol–water partition coefficient (Wildman–Crippen LogP) is 2.08. The Morgan fingerprint density at radius 3 is 2.68 bits per heavy atom. The number of piperidine rings is 1. The molecule has 0 unspecified atom stereocenters. The predicted molar refractivity (Wildman–Crippen MR) is 74.6 cm³/mol. The lowest BCUT2D eigenvalue weighted by Gasteiger charge is -2.21. The first-order valence-electron chi connectivity index (χ1n) is 6.86. The summed E-state index contributed by atoms with van der Waals surface area (Å²) in [5.74, 6) is 1.65. The molecule has 98 valence electrons. The molecule has 1 aliphatic heterocycles. The van der Waals surface area contributed by atoms with E-state index in [-0.39, 0.29) is 0 Å². The van der Waals surface area contributed by atoms with Gasteiger partial charge in [0.2, 0.25) is 0 Å². The van der Waals surface area contributed by atoms with E-state index in [1.807, 2.05) is 30.5 Å². The van der Waals surface area contributed by atoms with E-state index in [4.69, 9.17) is 0 Å². The van der Waals surface area contributed by atoms with Crippen molar-refractivity contribution in [1.29, 1.82) is 0 Å². The Morgan fingerprint density at radius 2 is 1.89 bits per heavy atom. The Morgan fingerprint density at radius 1 is 1.00 bits per heavy atom. The van der Waals surface area contributed by atoms with Crippen LogP contribution in [0, 0.1) is 5.92 Å². The van der Waals surface area contributed by atoms with Crippen LogP contribution >= 0.6 is 0 Å². The van der Waals surface area contributed by atoms with Crippen LogP contribution in [0.15, 0.2) is 36.7 Å². The van der Waals surface area contributed by atoms with Gasteiger partial charge in [0.1, 0.15) is 5.82 Å². The number of nitrogens with one attached hydrogen (secondary N) is 1. The van der Waals surface area contributed by atoms with Crippen molar-refractivity contribution in [2.75, 3.05) is 13.1 Å². The molecule has 0 spiro atoms. The van der Waals surface area contributed by atoms with E-state index in [1.165, 1.54) is 12.8 Å². The molecule has 2 aromatic rings. The molecular weight excluding hydrogens is 236 g/mol. The summed E-state index contributed by atoms with van der Waals surface area (Å²) in [7, 11) is 0. The smallest absolute Gasteiger partial charge is 0.129 e. The zero-order valence-corrected chi connectivity index (χ0v) is 10.9. The largest absolute Gasteiger partial charge is 0.317 e. The van der Waals surface area contributed by atoms with Gasteiger partial charge in [0, 0.05) is 18.8 Å². The maximum Gasteiger partial charge on any atom is 0.129 e. The molecule has 1 N–H and O–H groups in total. The van der Waals surface area contributed by atoms with Crippen molar-refractivity contribution in [3.05, 3.63) is 42.5 Å². The lowest BCUT2D eigenvalue weighted by atomic mass is 9.94. The van der Waals surface area contributed by atoms with E-state index in [1.54, 1.807) is 6.20 Å². The maximum atomic E-state index is 4.64. The second kappa shape index (κ2) is 5.89. The standard InChI is InChI=1S/C15H18N4/c1-2-7-17-13(3-1)14-6-10-18-15(19-14)11-12-4-8-16-9-5-12/h1-3,6-7,10,12,16H,4-5,8-9,11H2. The van der Waals surface area contributed by atoms with E-state index in [0.29, 0.717) is 5.92 Å². The van der Waals surface area contributed by atoms with Gasteiger partial charge in [0.15, 0.2) is 0 Å². The average molecular weight is 254 g/mol. The van der Waals surface area contributed by atoms with Gasteiger partial charge in [0.05, 0.1) is 11.4 Å². The number of aromatic nitrogens is 3. The molecule has 2 aromatic heterocycles. The number of nitrogens with zero attached hydrogens (tertiary/aromatic N) is 3. The van der Waals surface area contributed by atoms with Crippen LogP contribution in [0.2, 0.25) is 0 Å². The summed E-state index contributed by atoms with van der Waals surface area (Å²) < 4.78 is 0. The summed E-state index contributed by atoms with van der Waals surface area (Å²) in [5, 5.41) is 3.39. The summed E-state index contributed by atoms with van der Waals surface area (Å²) in [4.78, 5) is 13.4. The van der Waals surface area contributed by atoms with Crippen LogP contribution < -0.4 is 5.32 Å². The third-order valence-electron chi connectivity index (χ3n) is 3.56. The Hall–Kier alpha value is -1.81. The lowest BCUT2D eigenvalue weighted by molar-refractivity contribution is 0.367. The van der Waals surface area contributed by atoms with E-state index in [9.17, 15) is 0 Å². The molecule has 1 fully saturated rings. The Balaban J connectivity index is 1.76. The highest BCUT2D eigenvalue weighted by molar-refractivity contribution is 5.52. The van der Waals surface area contributed by atoms with Gasteiger partial charge in [-0.25, -0.2) is 9.97 Å². The molecule has 3 heterocycles. The van der Waals surface area contributed by atoms with Gasteiger partial charge in [-0.05, 0) is 50.0 Å². The Bertz CT molecular complexity index is 521. The fourth-order valence-electron chi connectivity index (χ4n) is 2.50. The fraction of sp³-hybridized carbons (Fsp3) is 0.400. The first kappa shape index (κ1) is 12.2.